The first-order valence-corrected chi connectivity index (χ1v) is 8.75. The second-order valence-electron chi connectivity index (χ2n) is 5.62. The summed E-state index contributed by atoms with van der Waals surface area (Å²) >= 11 is 5.86. The minimum atomic E-state index is -4.79. The van der Waals surface area contributed by atoms with Gasteiger partial charge in [-0.3, -0.25) is 21.0 Å². The first kappa shape index (κ1) is 23.6. The molecule has 8 nitrogen and oxygen atoms in total. The van der Waals surface area contributed by atoms with Gasteiger partial charge in [0.1, 0.15) is 11.5 Å². The molecule has 0 saturated heterocycles. The van der Waals surface area contributed by atoms with E-state index in [1.54, 1.807) is 0 Å². The van der Waals surface area contributed by atoms with Gasteiger partial charge in [0.05, 0.1) is 18.2 Å². The van der Waals surface area contributed by atoms with E-state index in [1.165, 1.54) is 6.07 Å². The van der Waals surface area contributed by atoms with Crippen LogP contribution in [0.15, 0.2) is 18.2 Å². The average Bonchev–Trinajstić information content (AvgIpc) is 2.57. The molecule has 0 saturated carbocycles. The molecule has 0 aliphatic rings. The molecular formula is C16H23ClF3N5O3. The van der Waals surface area contributed by atoms with Crippen molar-refractivity contribution in [3.63, 3.8) is 0 Å². The molecule has 0 radical (unpaired) electrons. The Labute approximate surface area is 165 Å². The molecule has 0 bridgehead atoms. The largest absolute Gasteiger partial charge is 0.573 e. The molecule has 28 heavy (non-hydrogen) atoms. The molecule has 0 spiro atoms. The summed E-state index contributed by atoms with van der Waals surface area (Å²) in [5.41, 5.74) is 2.33. The van der Waals surface area contributed by atoms with Crippen LogP contribution in [-0.4, -0.2) is 37.5 Å². The van der Waals surface area contributed by atoms with Gasteiger partial charge >= 0.3 is 6.36 Å². The van der Waals surface area contributed by atoms with Crippen LogP contribution in [0.25, 0.3) is 0 Å². The highest BCUT2D eigenvalue weighted by Crippen LogP contribution is 2.31. The second kappa shape index (κ2) is 11.4. The molecule has 0 heterocycles. The number of alkyl halides is 3. The fourth-order valence-corrected chi connectivity index (χ4v) is 1.99. The summed E-state index contributed by atoms with van der Waals surface area (Å²) in [6.07, 6.45) is -3.54. The Morgan fingerprint density at radius 3 is 2.54 bits per heavy atom. The van der Waals surface area contributed by atoms with E-state index in [1.807, 2.05) is 13.8 Å². The summed E-state index contributed by atoms with van der Waals surface area (Å²) in [6.45, 7) is 4.25. The SMILES string of the molecule is CCC(C)NC(=N)NC(=N)NOCCCOc1ccc(OC(F)(F)F)cc1Cl. The average molecular weight is 426 g/mol. The van der Waals surface area contributed by atoms with Gasteiger partial charge in [-0.1, -0.05) is 18.5 Å². The third-order valence-corrected chi connectivity index (χ3v) is 3.51. The maximum atomic E-state index is 12.1. The molecule has 158 valence electrons. The van der Waals surface area contributed by atoms with Crippen LogP contribution in [0, 0.1) is 10.8 Å². The topological polar surface area (TPSA) is 111 Å². The third-order valence-electron chi connectivity index (χ3n) is 3.21. The lowest BCUT2D eigenvalue weighted by molar-refractivity contribution is -0.274. The Morgan fingerprint density at radius 2 is 1.93 bits per heavy atom. The molecule has 0 amide bonds. The van der Waals surface area contributed by atoms with E-state index in [0.717, 1.165) is 18.6 Å². The molecule has 5 N–H and O–H groups in total. The zero-order valence-corrected chi connectivity index (χ0v) is 16.1. The van der Waals surface area contributed by atoms with Crippen molar-refractivity contribution in [3.05, 3.63) is 23.2 Å². The molecular weight excluding hydrogens is 403 g/mol. The molecule has 0 aliphatic heterocycles. The molecule has 0 aromatic heterocycles. The van der Waals surface area contributed by atoms with E-state index in [0.29, 0.717) is 6.42 Å². The second-order valence-corrected chi connectivity index (χ2v) is 6.03. The van der Waals surface area contributed by atoms with Crippen molar-refractivity contribution in [1.82, 2.24) is 16.1 Å². The number of benzene rings is 1. The Bertz CT molecular complexity index is 661. The van der Waals surface area contributed by atoms with Crippen LogP contribution in [0.5, 0.6) is 11.5 Å². The number of hydrogen-bond donors (Lipinski definition) is 5. The Hall–Kier alpha value is -2.40. The van der Waals surface area contributed by atoms with Gasteiger partial charge in [-0.25, -0.2) is 5.48 Å². The quantitative estimate of drug-likeness (QED) is 0.179. The lowest BCUT2D eigenvalue weighted by Crippen LogP contribution is -2.48. The highest BCUT2D eigenvalue weighted by Gasteiger charge is 2.31. The van der Waals surface area contributed by atoms with Crippen LogP contribution in [0.1, 0.15) is 26.7 Å². The first-order valence-electron chi connectivity index (χ1n) is 8.37. The summed E-state index contributed by atoms with van der Waals surface area (Å²) in [6, 6.07) is 3.49. The van der Waals surface area contributed by atoms with Crippen molar-refractivity contribution in [2.24, 2.45) is 0 Å². The molecule has 1 rings (SSSR count). The van der Waals surface area contributed by atoms with Crippen LogP contribution in [0.3, 0.4) is 0 Å². The summed E-state index contributed by atoms with van der Waals surface area (Å²) in [7, 11) is 0. The number of nitrogens with one attached hydrogen (secondary N) is 5. The molecule has 0 aliphatic carbocycles. The molecule has 1 aromatic rings. The predicted molar refractivity (Wildman–Crippen MR) is 98.8 cm³/mol. The maximum Gasteiger partial charge on any atom is 0.573 e. The molecule has 1 atom stereocenters. The van der Waals surface area contributed by atoms with Gasteiger partial charge in [-0.15, -0.1) is 13.2 Å². The van der Waals surface area contributed by atoms with Crippen molar-refractivity contribution >= 4 is 23.5 Å². The van der Waals surface area contributed by atoms with Gasteiger partial charge < -0.3 is 14.8 Å². The number of halogens is 4. The number of hydrogen-bond acceptors (Lipinski definition) is 5. The molecule has 1 aromatic carbocycles. The summed E-state index contributed by atoms with van der Waals surface area (Å²) < 4.78 is 45.5. The van der Waals surface area contributed by atoms with Gasteiger partial charge in [-0.2, -0.15) is 0 Å². The lowest BCUT2D eigenvalue weighted by Gasteiger charge is -2.16. The van der Waals surface area contributed by atoms with Gasteiger partial charge in [0.25, 0.3) is 0 Å². The monoisotopic (exact) mass is 425 g/mol. The highest BCUT2D eigenvalue weighted by atomic mass is 35.5. The van der Waals surface area contributed by atoms with E-state index >= 15 is 0 Å². The predicted octanol–water partition coefficient (Wildman–Crippen LogP) is 3.38. The van der Waals surface area contributed by atoms with E-state index in [2.05, 4.69) is 20.9 Å². The zero-order valence-electron chi connectivity index (χ0n) is 15.4. The Kier molecular flexibility index (Phi) is 9.66. The summed E-state index contributed by atoms with van der Waals surface area (Å²) in [5.74, 6) is -0.448. The van der Waals surface area contributed by atoms with Crippen molar-refractivity contribution in [3.8, 4) is 11.5 Å². The van der Waals surface area contributed by atoms with Crippen molar-refractivity contribution in [1.29, 1.82) is 10.8 Å². The third kappa shape index (κ3) is 10.1. The number of ether oxygens (including phenoxy) is 2. The van der Waals surface area contributed by atoms with Crippen LogP contribution in [0.4, 0.5) is 13.2 Å². The number of hydroxylamine groups is 1. The molecule has 0 fully saturated rings. The minimum Gasteiger partial charge on any atom is -0.492 e. The molecule has 12 heteroatoms. The Morgan fingerprint density at radius 1 is 1.21 bits per heavy atom. The van der Waals surface area contributed by atoms with Crippen LogP contribution in [0.2, 0.25) is 5.02 Å². The maximum absolute atomic E-state index is 12.1. The van der Waals surface area contributed by atoms with E-state index < -0.39 is 12.1 Å². The molecule has 1 unspecified atom stereocenters. The number of rotatable bonds is 9. The van der Waals surface area contributed by atoms with Gasteiger partial charge in [-0.05, 0) is 25.5 Å². The number of guanidine groups is 2. The smallest absolute Gasteiger partial charge is 0.492 e. The van der Waals surface area contributed by atoms with Crippen molar-refractivity contribution in [2.45, 2.75) is 39.1 Å². The Balaban J connectivity index is 2.22. The first-order chi connectivity index (χ1) is 13.1. The van der Waals surface area contributed by atoms with Gasteiger partial charge in [0.15, 0.2) is 5.96 Å². The fraction of sp³-hybridized carbons (Fsp3) is 0.500. The van der Waals surface area contributed by atoms with Gasteiger partial charge in [0.2, 0.25) is 5.96 Å². The van der Waals surface area contributed by atoms with Crippen molar-refractivity contribution in [2.75, 3.05) is 13.2 Å². The van der Waals surface area contributed by atoms with Crippen molar-refractivity contribution < 1.29 is 27.5 Å². The summed E-state index contributed by atoms with van der Waals surface area (Å²) in [5, 5.41) is 20.5. The van der Waals surface area contributed by atoms with Crippen LogP contribution < -0.4 is 25.6 Å². The highest BCUT2D eigenvalue weighted by molar-refractivity contribution is 6.32. The lowest BCUT2D eigenvalue weighted by atomic mass is 10.3. The minimum absolute atomic E-state index is 0.0147. The van der Waals surface area contributed by atoms with E-state index in [9.17, 15) is 13.2 Å². The zero-order chi connectivity index (χ0) is 21.2. The fourth-order valence-electron chi connectivity index (χ4n) is 1.77. The van der Waals surface area contributed by atoms with Crippen LogP contribution >= 0.6 is 11.6 Å². The van der Waals surface area contributed by atoms with E-state index in [4.69, 9.17) is 32.0 Å². The summed E-state index contributed by atoms with van der Waals surface area (Å²) in [4.78, 5) is 5.05. The normalized spacial score (nSPS) is 12.1. The standard InChI is InChI=1S/C16H23ClF3N5O3/c1-3-10(2)23-14(21)24-15(22)25-27-8-4-7-26-13-6-5-11(9-12(13)17)28-16(18,19)20/h5-6,9-10H,3-4,7-8H2,1-2H3,(H5,21,22,23,24,25). The van der Waals surface area contributed by atoms with Gasteiger partial charge in [0, 0.05) is 18.5 Å². The van der Waals surface area contributed by atoms with E-state index in [-0.39, 0.29) is 41.9 Å². The van der Waals surface area contributed by atoms with Crippen LogP contribution in [-0.2, 0) is 4.84 Å².